The van der Waals surface area contributed by atoms with Gasteiger partial charge in [0.25, 0.3) is 0 Å². The van der Waals surface area contributed by atoms with Gasteiger partial charge in [-0.3, -0.25) is 9.20 Å². The number of aldehydes is 1. The van der Waals surface area contributed by atoms with Crippen LogP contribution in [0.2, 0.25) is 0 Å². The zero-order valence-electron chi connectivity index (χ0n) is 9.38. The number of nitrogens with zero attached hydrogens (tertiary/aromatic N) is 2. The van der Waals surface area contributed by atoms with Crippen LogP contribution < -0.4 is 0 Å². The summed E-state index contributed by atoms with van der Waals surface area (Å²) in [5.74, 6) is 0.236. The van der Waals surface area contributed by atoms with Crippen LogP contribution >= 0.6 is 0 Å². The number of fused-ring (bicyclic) bond motifs is 1. The normalized spacial score (nSPS) is 10.7. The summed E-state index contributed by atoms with van der Waals surface area (Å²) in [7, 11) is 0. The van der Waals surface area contributed by atoms with Crippen molar-refractivity contribution in [3.63, 3.8) is 0 Å². The van der Waals surface area contributed by atoms with Gasteiger partial charge in [0, 0.05) is 5.56 Å². The molecule has 0 N–H and O–H groups in total. The second-order valence-electron chi connectivity index (χ2n) is 3.92. The van der Waals surface area contributed by atoms with Crippen molar-refractivity contribution in [2.45, 2.75) is 0 Å². The molecule has 0 aliphatic rings. The summed E-state index contributed by atoms with van der Waals surface area (Å²) in [6.45, 7) is 0. The fourth-order valence-corrected chi connectivity index (χ4v) is 2.00. The van der Waals surface area contributed by atoms with Crippen LogP contribution in [0, 0.1) is 5.82 Å². The van der Waals surface area contributed by atoms with Crippen LogP contribution in [0.4, 0.5) is 4.39 Å². The number of benzene rings is 1. The molecule has 1 aromatic carbocycles. The topological polar surface area (TPSA) is 34.4 Å². The third kappa shape index (κ3) is 1.59. The predicted octanol–water partition coefficient (Wildman–Crippen LogP) is 2.95. The zero-order chi connectivity index (χ0) is 12.5. The molecular weight excluding hydrogens is 231 g/mol. The first kappa shape index (κ1) is 10.7. The molecule has 2 heterocycles. The van der Waals surface area contributed by atoms with Gasteiger partial charge in [0.2, 0.25) is 0 Å². The summed E-state index contributed by atoms with van der Waals surface area (Å²) in [4.78, 5) is 15.3. The highest BCUT2D eigenvalue weighted by molar-refractivity contribution is 5.77. The molecule has 0 fully saturated rings. The van der Waals surface area contributed by atoms with E-state index in [9.17, 15) is 9.18 Å². The fourth-order valence-electron chi connectivity index (χ4n) is 2.00. The standard InChI is InChI=1S/C14H9FN2O/c15-11-4-1-3-10(7-11)14-16-8-12-5-2-6-13(9-18)17(12)14/h1-9H. The average Bonchev–Trinajstić information content (AvgIpc) is 2.82. The van der Waals surface area contributed by atoms with Crippen molar-refractivity contribution < 1.29 is 9.18 Å². The molecule has 3 aromatic rings. The number of rotatable bonds is 2. The second kappa shape index (κ2) is 4.07. The molecule has 0 bridgehead atoms. The molecule has 0 saturated heterocycles. The first-order valence-corrected chi connectivity index (χ1v) is 5.47. The van der Waals surface area contributed by atoms with Crippen molar-refractivity contribution in [3.05, 3.63) is 60.2 Å². The van der Waals surface area contributed by atoms with Gasteiger partial charge in [-0.1, -0.05) is 18.2 Å². The smallest absolute Gasteiger partial charge is 0.166 e. The third-order valence-corrected chi connectivity index (χ3v) is 2.78. The van der Waals surface area contributed by atoms with Gasteiger partial charge in [0.1, 0.15) is 11.6 Å². The van der Waals surface area contributed by atoms with Crippen LogP contribution in [0.25, 0.3) is 16.9 Å². The van der Waals surface area contributed by atoms with Gasteiger partial charge in [0.15, 0.2) is 6.29 Å². The monoisotopic (exact) mass is 240 g/mol. The van der Waals surface area contributed by atoms with E-state index < -0.39 is 0 Å². The van der Waals surface area contributed by atoms with Crippen LogP contribution in [0.1, 0.15) is 10.5 Å². The maximum atomic E-state index is 13.2. The molecule has 0 saturated carbocycles. The van der Waals surface area contributed by atoms with Gasteiger partial charge in [0.05, 0.1) is 17.4 Å². The van der Waals surface area contributed by atoms with Crippen LogP contribution in [0.3, 0.4) is 0 Å². The summed E-state index contributed by atoms with van der Waals surface area (Å²) in [6.07, 6.45) is 2.42. The molecule has 0 atom stereocenters. The number of aromatic nitrogens is 2. The molecular formula is C14H9FN2O. The SMILES string of the molecule is O=Cc1cccc2cnc(-c3cccc(F)c3)n12. The Morgan fingerprint density at radius 3 is 2.78 bits per heavy atom. The van der Waals surface area contributed by atoms with Crippen LogP contribution in [-0.2, 0) is 0 Å². The summed E-state index contributed by atoms with van der Waals surface area (Å²) < 4.78 is 14.9. The van der Waals surface area contributed by atoms with Crippen LogP contribution in [-0.4, -0.2) is 15.7 Å². The van der Waals surface area contributed by atoms with Gasteiger partial charge in [-0.05, 0) is 24.3 Å². The highest BCUT2D eigenvalue weighted by atomic mass is 19.1. The largest absolute Gasteiger partial charge is 0.296 e. The second-order valence-corrected chi connectivity index (χ2v) is 3.92. The highest BCUT2D eigenvalue weighted by Crippen LogP contribution is 2.21. The van der Waals surface area contributed by atoms with Crippen LogP contribution in [0.5, 0.6) is 0 Å². The predicted molar refractivity (Wildman–Crippen MR) is 66.0 cm³/mol. The summed E-state index contributed by atoms with van der Waals surface area (Å²) in [6, 6.07) is 11.5. The fraction of sp³-hybridized carbons (Fsp3) is 0. The van der Waals surface area contributed by atoms with Crippen molar-refractivity contribution in [1.82, 2.24) is 9.38 Å². The molecule has 0 unspecified atom stereocenters. The van der Waals surface area contributed by atoms with Gasteiger partial charge in [-0.25, -0.2) is 9.37 Å². The number of hydrogen-bond acceptors (Lipinski definition) is 2. The van der Waals surface area contributed by atoms with E-state index in [1.807, 2.05) is 6.07 Å². The molecule has 0 spiro atoms. The minimum absolute atomic E-state index is 0.326. The molecule has 0 aliphatic heterocycles. The van der Waals surface area contributed by atoms with E-state index in [2.05, 4.69) is 4.98 Å². The number of hydrogen-bond donors (Lipinski definition) is 0. The van der Waals surface area contributed by atoms with Gasteiger partial charge >= 0.3 is 0 Å². The van der Waals surface area contributed by atoms with E-state index in [1.54, 1.807) is 34.9 Å². The maximum Gasteiger partial charge on any atom is 0.166 e. The van der Waals surface area contributed by atoms with E-state index >= 15 is 0 Å². The number of carbonyl (C=O) groups is 1. The van der Waals surface area contributed by atoms with E-state index in [-0.39, 0.29) is 5.82 Å². The van der Waals surface area contributed by atoms with E-state index in [0.717, 1.165) is 11.8 Å². The van der Waals surface area contributed by atoms with E-state index in [1.165, 1.54) is 12.1 Å². The number of halogens is 1. The lowest BCUT2D eigenvalue weighted by Gasteiger charge is -2.04. The number of carbonyl (C=O) groups excluding carboxylic acids is 1. The Hall–Kier alpha value is -2.49. The molecule has 88 valence electrons. The number of imidazole rings is 1. The molecule has 0 aliphatic carbocycles. The first-order valence-electron chi connectivity index (χ1n) is 5.47. The summed E-state index contributed by atoms with van der Waals surface area (Å²) in [5.41, 5.74) is 1.94. The molecule has 3 nitrogen and oxygen atoms in total. The van der Waals surface area contributed by atoms with E-state index in [4.69, 9.17) is 0 Å². The summed E-state index contributed by atoms with van der Waals surface area (Å²) in [5, 5.41) is 0. The zero-order valence-corrected chi connectivity index (χ0v) is 9.38. The lowest BCUT2D eigenvalue weighted by Crippen LogP contribution is -1.97. The minimum Gasteiger partial charge on any atom is -0.296 e. The van der Waals surface area contributed by atoms with Crippen LogP contribution in [0.15, 0.2) is 48.7 Å². The Balaban J connectivity index is 2.33. The van der Waals surface area contributed by atoms with Crippen molar-refractivity contribution >= 4 is 11.8 Å². The van der Waals surface area contributed by atoms with Crippen molar-refractivity contribution in [2.24, 2.45) is 0 Å². The van der Waals surface area contributed by atoms with Gasteiger partial charge in [-0.2, -0.15) is 0 Å². The number of pyridine rings is 1. The first-order chi connectivity index (χ1) is 8.79. The Kier molecular flexibility index (Phi) is 2.41. The van der Waals surface area contributed by atoms with Crippen molar-refractivity contribution in [2.75, 3.05) is 0 Å². The Morgan fingerprint density at radius 2 is 2.00 bits per heavy atom. The molecule has 2 aromatic heterocycles. The molecule has 3 rings (SSSR count). The molecule has 18 heavy (non-hydrogen) atoms. The van der Waals surface area contributed by atoms with Gasteiger partial charge in [-0.15, -0.1) is 0 Å². The molecule has 0 radical (unpaired) electrons. The lowest BCUT2D eigenvalue weighted by atomic mass is 10.2. The Morgan fingerprint density at radius 1 is 1.17 bits per heavy atom. The van der Waals surface area contributed by atoms with E-state index in [0.29, 0.717) is 17.1 Å². The average molecular weight is 240 g/mol. The molecule has 0 amide bonds. The quantitative estimate of drug-likeness (QED) is 0.645. The molecule has 4 heteroatoms. The maximum absolute atomic E-state index is 13.2. The van der Waals surface area contributed by atoms with Gasteiger partial charge < -0.3 is 0 Å². The Labute approximate surface area is 103 Å². The highest BCUT2D eigenvalue weighted by Gasteiger charge is 2.09. The summed E-state index contributed by atoms with van der Waals surface area (Å²) >= 11 is 0. The minimum atomic E-state index is -0.326. The van der Waals surface area contributed by atoms with Crippen molar-refractivity contribution in [3.8, 4) is 11.4 Å². The van der Waals surface area contributed by atoms with Crippen molar-refractivity contribution in [1.29, 1.82) is 0 Å². The lowest BCUT2D eigenvalue weighted by molar-refractivity contribution is 0.111. The third-order valence-electron chi connectivity index (χ3n) is 2.78. The Bertz CT molecular complexity index is 733.